The summed E-state index contributed by atoms with van der Waals surface area (Å²) in [5.41, 5.74) is 2.18. The van der Waals surface area contributed by atoms with Crippen molar-refractivity contribution >= 4 is 34.4 Å². The Morgan fingerprint density at radius 2 is 1.81 bits per heavy atom. The summed E-state index contributed by atoms with van der Waals surface area (Å²) in [6.07, 6.45) is -0.281. The van der Waals surface area contributed by atoms with Crippen LogP contribution in [0.15, 0.2) is 42.5 Å². The average molecular weight is 364 g/mol. The van der Waals surface area contributed by atoms with Crippen molar-refractivity contribution in [2.24, 2.45) is 0 Å². The number of methoxy groups -OCH3 is 1. The van der Waals surface area contributed by atoms with Crippen molar-refractivity contribution in [2.45, 2.75) is 13.3 Å². The Kier molecular flexibility index (Phi) is 6.20. The number of nitrogens with zero attached hydrogens (tertiary/aromatic N) is 1. The molecule has 0 radical (unpaired) electrons. The molecule has 0 aliphatic carbocycles. The predicted octanol–water partition coefficient (Wildman–Crippen LogP) is -0.403. The number of carbonyl (C=O) groups excluding carboxylic acids is 2. The predicted molar refractivity (Wildman–Crippen MR) is 93.1 cm³/mol. The van der Waals surface area contributed by atoms with E-state index in [0.717, 1.165) is 0 Å². The Bertz CT molecular complexity index is 979. The van der Waals surface area contributed by atoms with Crippen LogP contribution >= 0.6 is 11.6 Å². The van der Waals surface area contributed by atoms with Gasteiger partial charge in [-0.25, -0.2) is 0 Å². The largest absolute Gasteiger partial charge is 1.00 e. The van der Waals surface area contributed by atoms with Gasteiger partial charge in [0.2, 0.25) is 0 Å². The molecule has 3 rings (SSSR count). The first-order chi connectivity index (χ1) is 11.9. The molecule has 3 aromatic rings. The molecule has 1 heterocycles. The molecular weight excluding hydrogens is 349 g/mol. The van der Waals surface area contributed by atoms with Gasteiger partial charge in [0.1, 0.15) is 5.75 Å². The number of benzene rings is 2. The van der Waals surface area contributed by atoms with E-state index in [0.29, 0.717) is 38.5 Å². The Hall–Kier alpha value is -2.19. The van der Waals surface area contributed by atoms with E-state index >= 15 is 0 Å². The number of aliphatic carboxylic acids is 1. The number of aromatic nitrogens is 1. The molecule has 7 heteroatoms. The van der Waals surface area contributed by atoms with Crippen LogP contribution in [0.3, 0.4) is 0 Å². The Balaban J connectivity index is 0.00000243. The third-order valence-corrected chi connectivity index (χ3v) is 4.41. The molecular formula is C19H15ClLiNO4. The molecule has 0 fully saturated rings. The van der Waals surface area contributed by atoms with Crippen molar-refractivity contribution in [1.29, 1.82) is 0 Å². The van der Waals surface area contributed by atoms with E-state index < -0.39 is 5.97 Å². The SMILES string of the molecule is COc1ccc2c(c1)c(CC(=O)[O-])c(C)n2C(=O)c1ccc(Cl)cc1.[Li+]. The first-order valence-electron chi connectivity index (χ1n) is 7.60. The van der Waals surface area contributed by atoms with Gasteiger partial charge in [-0.1, -0.05) is 11.6 Å². The Morgan fingerprint density at radius 1 is 1.15 bits per heavy atom. The smallest absolute Gasteiger partial charge is 0.550 e. The second kappa shape index (κ2) is 8.01. The quantitative estimate of drug-likeness (QED) is 0.591. The molecule has 0 amide bonds. The Labute approximate surface area is 167 Å². The zero-order chi connectivity index (χ0) is 18.1. The second-order valence-corrected chi connectivity index (χ2v) is 6.08. The molecule has 0 N–H and O–H groups in total. The van der Waals surface area contributed by atoms with Crippen molar-refractivity contribution in [1.82, 2.24) is 4.57 Å². The number of carboxylic acids is 1. The summed E-state index contributed by atoms with van der Waals surface area (Å²) in [7, 11) is 1.53. The van der Waals surface area contributed by atoms with Gasteiger partial charge >= 0.3 is 18.9 Å². The fourth-order valence-electron chi connectivity index (χ4n) is 2.94. The fraction of sp³-hybridized carbons (Fsp3) is 0.158. The molecule has 128 valence electrons. The summed E-state index contributed by atoms with van der Waals surface area (Å²) in [4.78, 5) is 24.1. The zero-order valence-electron chi connectivity index (χ0n) is 14.7. The first-order valence-corrected chi connectivity index (χ1v) is 7.98. The van der Waals surface area contributed by atoms with Crippen molar-refractivity contribution in [2.75, 3.05) is 7.11 Å². The molecule has 0 atom stereocenters. The van der Waals surface area contributed by atoms with Crippen LogP contribution in [0.5, 0.6) is 5.75 Å². The number of carbonyl (C=O) groups is 2. The summed E-state index contributed by atoms with van der Waals surface area (Å²) in [6, 6.07) is 11.8. The maximum Gasteiger partial charge on any atom is 1.00 e. The van der Waals surface area contributed by atoms with Gasteiger partial charge in [0.05, 0.1) is 12.6 Å². The van der Waals surface area contributed by atoms with E-state index in [-0.39, 0.29) is 31.2 Å². The van der Waals surface area contributed by atoms with Crippen LogP contribution in [-0.4, -0.2) is 23.6 Å². The number of hydrogen-bond donors (Lipinski definition) is 0. The summed E-state index contributed by atoms with van der Waals surface area (Å²) in [5, 5.41) is 12.3. The van der Waals surface area contributed by atoms with E-state index in [1.807, 2.05) is 0 Å². The van der Waals surface area contributed by atoms with Gasteiger partial charge in [-0.15, -0.1) is 0 Å². The van der Waals surface area contributed by atoms with Gasteiger partial charge < -0.3 is 14.6 Å². The molecule has 0 spiro atoms. The second-order valence-electron chi connectivity index (χ2n) is 5.64. The Morgan fingerprint density at radius 3 is 2.38 bits per heavy atom. The van der Waals surface area contributed by atoms with Gasteiger partial charge in [-0.05, 0) is 55.0 Å². The van der Waals surface area contributed by atoms with Crippen LogP contribution in [0, 0.1) is 6.92 Å². The van der Waals surface area contributed by atoms with E-state index in [1.165, 1.54) is 11.7 Å². The van der Waals surface area contributed by atoms with E-state index in [4.69, 9.17) is 16.3 Å². The van der Waals surface area contributed by atoms with Gasteiger partial charge in [-0.2, -0.15) is 0 Å². The third kappa shape index (κ3) is 3.66. The van der Waals surface area contributed by atoms with Gasteiger partial charge in [0.15, 0.2) is 0 Å². The molecule has 0 bridgehead atoms. The van der Waals surface area contributed by atoms with Crippen LogP contribution in [0.1, 0.15) is 21.6 Å². The molecule has 0 saturated heterocycles. The van der Waals surface area contributed by atoms with Crippen LogP contribution < -0.4 is 28.7 Å². The zero-order valence-corrected chi connectivity index (χ0v) is 15.5. The van der Waals surface area contributed by atoms with Crippen LogP contribution in [0.4, 0.5) is 0 Å². The van der Waals surface area contributed by atoms with Crippen molar-refractivity contribution in [3.63, 3.8) is 0 Å². The normalized spacial score (nSPS) is 10.4. The number of fused-ring (bicyclic) bond motifs is 1. The van der Waals surface area contributed by atoms with E-state index in [1.54, 1.807) is 49.4 Å². The van der Waals surface area contributed by atoms with E-state index in [9.17, 15) is 14.7 Å². The molecule has 0 saturated carbocycles. The van der Waals surface area contributed by atoms with Crippen molar-refractivity contribution < 1.29 is 38.3 Å². The van der Waals surface area contributed by atoms with Gasteiger partial charge in [0.25, 0.3) is 5.91 Å². The average Bonchev–Trinajstić information content (AvgIpc) is 2.86. The summed E-state index contributed by atoms with van der Waals surface area (Å²) < 4.78 is 6.73. The number of ether oxygens (including phenoxy) is 1. The van der Waals surface area contributed by atoms with E-state index in [2.05, 4.69) is 0 Å². The topological polar surface area (TPSA) is 71.4 Å². The van der Waals surface area contributed by atoms with Crippen LogP contribution in [-0.2, 0) is 11.2 Å². The molecule has 0 aliphatic rings. The molecule has 26 heavy (non-hydrogen) atoms. The van der Waals surface area contributed by atoms with Crippen molar-refractivity contribution in [3.8, 4) is 5.75 Å². The molecule has 0 aliphatic heterocycles. The number of hydrogen-bond acceptors (Lipinski definition) is 4. The monoisotopic (exact) mass is 363 g/mol. The number of rotatable bonds is 4. The molecule has 5 nitrogen and oxygen atoms in total. The number of carboxylic acid groups (broad SMARTS) is 1. The minimum absolute atomic E-state index is 0. The maximum absolute atomic E-state index is 13.0. The summed E-state index contributed by atoms with van der Waals surface area (Å²) >= 11 is 5.88. The number of halogens is 1. The molecule has 0 unspecified atom stereocenters. The molecule has 2 aromatic carbocycles. The van der Waals surface area contributed by atoms with Gasteiger partial charge in [-0.3, -0.25) is 9.36 Å². The molecule has 1 aromatic heterocycles. The minimum atomic E-state index is -1.20. The van der Waals surface area contributed by atoms with Crippen molar-refractivity contribution in [3.05, 3.63) is 64.3 Å². The summed E-state index contributed by atoms with van der Waals surface area (Å²) in [6.45, 7) is 1.72. The fourth-order valence-corrected chi connectivity index (χ4v) is 3.07. The maximum atomic E-state index is 13.0. The van der Waals surface area contributed by atoms with Crippen LogP contribution in [0.25, 0.3) is 10.9 Å². The summed E-state index contributed by atoms with van der Waals surface area (Å²) in [5.74, 6) is -0.874. The first kappa shape index (κ1) is 20.1. The standard InChI is InChI=1S/C19H16ClNO4.Li/c1-11-15(10-18(22)23)16-9-14(25-2)7-8-17(16)21(11)19(24)12-3-5-13(20)6-4-12;/h3-9H,10H2,1-2H3,(H,22,23);/q;+1/p-1. The minimum Gasteiger partial charge on any atom is -0.550 e. The third-order valence-electron chi connectivity index (χ3n) is 4.16. The van der Waals surface area contributed by atoms with Gasteiger partial charge in [0, 0.05) is 34.1 Å². The van der Waals surface area contributed by atoms with Crippen LogP contribution in [0.2, 0.25) is 5.02 Å².